The first-order valence-corrected chi connectivity index (χ1v) is 11.7. The van der Waals surface area contributed by atoms with Crippen molar-refractivity contribution in [2.45, 2.75) is 19.3 Å². The van der Waals surface area contributed by atoms with E-state index in [2.05, 4.69) is 9.88 Å². The number of anilines is 2. The number of amides is 1. The van der Waals surface area contributed by atoms with Gasteiger partial charge in [0.15, 0.2) is 0 Å². The Bertz CT molecular complexity index is 1200. The molecular formula is C25H22Cl2FN3O2. The van der Waals surface area contributed by atoms with Crippen molar-refractivity contribution < 1.29 is 13.9 Å². The third-order valence-electron chi connectivity index (χ3n) is 6.20. The minimum Gasteiger partial charge on any atom is -0.437 e. The lowest BCUT2D eigenvalue weighted by Gasteiger charge is -2.41. The van der Waals surface area contributed by atoms with E-state index in [1.54, 1.807) is 17.0 Å². The molecule has 0 atom stereocenters. The van der Waals surface area contributed by atoms with Gasteiger partial charge in [0.2, 0.25) is 5.88 Å². The minimum absolute atomic E-state index is 0.0216. The number of benzene rings is 2. The number of pyridine rings is 1. The quantitative estimate of drug-likeness (QED) is 0.409. The van der Waals surface area contributed by atoms with Gasteiger partial charge in [0.25, 0.3) is 5.91 Å². The molecule has 2 aliphatic rings. The van der Waals surface area contributed by atoms with Crippen LogP contribution in [0.5, 0.6) is 11.6 Å². The molecule has 0 bridgehead atoms. The van der Waals surface area contributed by atoms with Crippen molar-refractivity contribution in [2.24, 2.45) is 5.92 Å². The second-order valence-corrected chi connectivity index (χ2v) is 9.22. The van der Waals surface area contributed by atoms with E-state index in [1.807, 2.05) is 24.3 Å². The van der Waals surface area contributed by atoms with E-state index in [4.69, 9.17) is 27.9 Å². The Hall–Kier alpha value is -2.83. The van der Waals surface area contributed by atoms with Gasteiger partial charge in [-0.25, -0.2) is 9.37 Å². The van der Waals surface area contributed by atoms with E-state index in [-0.39, 0.29) is 23.1 Å². The maximum Gasteiger partial charge on any atom is 0.264 e. The van der Waals surface area contributed by atoms with Crippen LogP contribution in [-0.2, 0) is 0 Å². The summed E-state index contributed by atoms with van der Waals surface area (Å²) in [6, 6.07) is 13.7. The number of hydrogen-bond acceptors (Lipinski definition) is 4. The molecule has 2 heterocycles. The van der Waals surface area contributed by atoms with Crippen molar-refractivity contribution in [2.75, 3.05) is 29.4 Å². The Kier molecular flexibility index (Phi) is 6.13. The molecule has 0 spiro atoms. The highest BCUT2D eigenvalue weighted by Gasteiger charge is 2.31. The number of rotatable bonds is 5. The predicted octanol–water partition coefficient (Wildman–Crippen LogP) is 6.59. The molecule has 170 valence electrons. The molecular weight excluding hydrogens is 464 g/mol. The summed E-state index contributed by atoms with van der Waals surface area (Å²) in [4.78, 5) is 21.7. The number of carbonyl (C=O) groups excluding carboxylic acids is 1. The smallest absolute Gasteiger partial charge is 0.264 e. The number of halogens is 3. The van der Waals surface area contributed by atoms with Crippen LogP contribution in [-0.4, -0.2) is 30.5 Å². The van der Waals surface area contributed by atoms with Gasteiger partial charge in [-0.3, -0.25) is 4.79 Å². The number of para-hydroxylation sites is 2. The Morgan fingerprint density at radius 2 is 1.88 bits per heavy atom. The first-order chi connectivity index (χ1) is 16.0. The molecule has 1 aliphatic carbocycles. The number of fused-ring (bicyclic) bond motifs is 1. The van der Waals surface area contributed by atoms with Gasteiger partial charge in [-0.1, -0.05) is 41.8 Å². The van der Waals surface area contributed by atoms with Crippen molar-refractivity contribution in [1.82, 2.24) is 4.98 Å². The van der Waals surface area contributed by atoms with Crippen LogP contribution in [0.3, 0.4) is 0 Å². The maximum absolute atomic E-state index is 14.2. The molecule has 2 aromatic carbocycles. The van der Waals surface area contributed by atoms with Crippen LogP contribution in [0.25, 0.3) is 0 Å². The van der Waals surface area contributed by atoms with Crippen LogP contribution < -0.4 is 14.5 Å². The van der Waals surface area contributed by atoms with Gasteiger partial charge < -0.3 is 14.5 Å². The lowest BCUT2D eigenvalue weighted by atomic mass is 9.85. The van der Waals surface area contributed by atoms with E-state index in [0.29, 0.717) is 29.1 Å². The summed E-state index contributed by atoms with van der Waals surface area (Å²) in [6.45, 7) is 2.18. The second-order valence-electron chi connectivity index (χ2n) is 8.37. The minimum atomic E-state index is -0.625. The zero-order valence-electron chi connectivity index (χ0n) is 17.8. The van der Waals surface area contributed by atoms with Gasteiger partial charge in [-0.15, -0.1) is 0 Å². The van der Waals surface area contributed by atoms with Gasteiger partial charge in [-0.05, 0) is 49.1 Å². The largest absolute Gasteiger partial charge is 0.437 e. The number of hydrogen-bond donors (Lipinski definition) is 0. The normalized spacial score (nSPS) is 15.7. The molecule has 1 saturated carbocycles. The van der Waals surface area contributed by atoms with Crippen molar-refractivity contribution >= 4 is 40.5 Å². The Labute approximate surface area is 201 Å². The number of aromatic nitrogens is 1. The molecule has 5 rings (SSSR count). The van der Waals surface area contributed by atoms with Crippen molar-refractivity contribution in [3.63, 3.8) is 0 Å². The monoisotopic (exact) mass is 485 g/mol. The van der Waals surface area contributed by atoms with E-state index in [1.165, 1.54) is 25.3 Å². The number of ether oxygens (including phenoxy) is 1. The first-order valence-electron chi connectivity index (χ1n) is 10.9. The molecule has 0 unspecified atom stereocenters. The third-order valence-corrected chi connectivity index (χ3v) is 6.75. The summed E-state index contributed by atoms with van der Waals surface area (Å²) in [6.07, 6.45) is 4.80. The van der Waals surface area contributed by atoms with Gasteiger partial charge >= 0.3 is 0 Å². The summed E-state index contributed by atoms with van der Waals surface area (Å²) < 4.78 is 20.0. The molecule has 5 nitrogen and oxygen atoms in total. The molecule has 0 N–H and O–H groups in total. The molecule has 3 aromatic rings. The fraction of sp³-hybridized carbons (Fsp3) is 0.280. The summed E-state index contributed by atoms with van der Waals surface area (Å²) >= 11 is 12.3. The highest BCUT2D eigenvalue weighted by molar-refractivity contribution is 6.34. The zero-order valence-corrected chi connectivity index (χ0v) is 19.3. The average molecular weight is 486 g/mol. The van der Waals surface area contributed by atoms with E-state index in [0.717, 1.165) is 30.2 Å². The number of carbonyl (C=O) groups is 1. The van der Waals surface area contributed by atoms with Crippen LogP contribution >= 0.6 is 23.2 Å². The van der Waals surface area contributed by atoms with Gasteiger partial charge in [0.05, 0.1) is 22.6 Å². The van der Waals surface area contributed by atoms with Crippen LogP contribution in [0.1, 0.15) is 29.6 Å². The Morgan fingerprint density at radius 3 is 2.64 bits per heavy atom. The lowest BCUT2D eigenvalue weighted by Crippen LogP contribution is -2.46. The topological polar surface area (TPSA) is 45.7 Å². The highest BCUT2D eigenvalue weighted by atomic mass is 35.5. The van der Waals surface area contributed by atoms with Gasteiger partial charge in [0, 0.05) is 30.7 Å². The second kappa shape index (κ2) is 9.20. The summed E-state index contributed by atoms with van der Waals surface area (Å²) in [5.74, 6) is -0.0937. The summed E-state index contributed by atoms with van der Waals surface area (Å²) in [7, 11) is 0. The maximum atomic E-state index is 14.2. The average Bonchev–Trinajstić information content (AvgIpc) is 2.79. The van der Waals surface area contributed by atoms with E-state index >= 15 is 0 Å². The van der Waals surface area contributed by atoms with E-state index < -0.39 is 5.82 Å². The van der Waals surface area contributed by atoms with E-state index in [9.17, 15) is 9.18 Å². The Morgan fingerprint density at radius 1 is 1.09 bits per heavy atom. The summed E-state index contributed by atoms with van der Waals surface area (Å²) in [5, 5.41) is 0.722. The fourth-order valence-electron chi connectivity index (χ4n) is 4.28. The van der Waals surface area contributed by atoms with Crippen molar-refractivity contribution in [3.8, 4) is 11.6 Å². The summed E-state index contributed by atoms with van der Waals surface area (Å²) in [5.41, 5.74) is 1.83. The standard InChI is InChI=1S/C25H22Cl2FN3O2/c26-17-8-9-20(27)23(12-17)33-24-19(13-18(28)14-29-24)25(32)31-11-10-30(15-16-4-3-5-16)21-6-1-2-7-22(21)31/h1-2,6-9,12-14,16H,3-5,10-11,15H2. The van der Waals surface area contributed by atoms with Crippen molar-refractivity contribution in [1.29, 1.82) is 0 Å². The van der Waals surface area contributed by atoms with Crippen molar-refractivity contribution in [3.05, 3.63) is 76.2 Å². The van der Waals surface area contributed by atoms with Crippen LogP contribution in [0.15, 0.2) is 54.7 Å². The molecule has 8 heteroatoms. The molecule has 1 amide bonds. The molecule has 33 heavy (non-hydrogen) atoms. The predicted molar refractivity (Wildman–Crippen MR) is 128 cm³/mol. The van der Waals surface area contributed by atoms with Gasteiger partial charge in [0.1, 0.15) is 17.1 Å². The SMILES string of the molecule is O=C(c1cc(F)cnc1Oc1cc(Cl)ccc1Cl)N1CCN(CC2CCC2)c2ccccc21. The fourth-order valence-corrected chi connectivity index (χ4v) is 4.59. The zero-order chi connectivity index (χ0) is 22.9. The first kappa shape index (κ1) is 22.0. The molecule has 1 aliphatic heterocycles. The van der Waals surface area contributed by atoms with Crippen LogP contribution in [0.4, 0.5) is 15.8 Å². The third kappa shape index (κ3) is 4.50. The Balaban J connectivity index is 1.47. The van der Waals surface area contributed by atoms with Gasteiger partial charge in [-0.2, -0.15) is 0 Å². The number of nitrogens with zero attached hydrogens (tertiary/aromatic N) is 3. The van der Waals surface area contributed by atoms with Crippen LogP contribution in [0.2, 0.25) is 10.0 Å². The van der Waals surface area contributed by atoms with Crippen LogP contribution in [0, 0.1) is 11.7 Å². The lowest BCUT2D eigenvalue weighted by molar-refractivity contribution is 0.0983. The highest BCUT2D eigenvalue weighted by Crippen LogP contribution is 2.38. The molecule has 1 aromatic heterocycles. The molecule has 0 saturated heterocycles. The molecule has 0 radical (unpaired) electrons. The molecule has 1 fully saturated rings.